The lowest BCUT2D eigenvalue weighted by atomic mass is 10.2. The lowest BCUT2D eigenvalue weighted by Gasteiger charge is -2.11. The van der Waals surface area contributed by atoms with Gasteiger partial charge in [0.05, 0.1) is 6.54 Å². The van der Waals surface area contributed by atoms with E-state index in [2.05, 4.69) is 20.9 Å². The minimum Gasteiger partial charge on any atom is -0.357 e. The van der Waals surface area contributed by atoms with Crippen molar-refractivity contribution in [1.29, 1.82) is 0 Å². The Kier molecular flexibility index (Phi) is 8.64. The highest BCUT2D eigenvalue weighted by Gasteiger charge is 2.02. The zero-order valence-electron chi connectivity index (χ0n) is 13.3. The molecule has 0 radical (unpaired) electrons. The number of rotatable bonds is 8. The third kappa shape index (κ3) is 7.61. The molecule has 0 fully saturated rings. The molecule has 6 heteroatoms. The second-order valence-electron chi connectivity index (χ2n) is 4.85. The van der Waals surface area contributed by atoms with Gasteiger partial charge in [0.15, 0.2) is 5.96 Å². The molecule has 0 heterocycles. The number of aliphatic imine (C=N–C) groups is 1. The first kappa shape index (κ1) is 17.9. The highest BCUT2D eigenvalue weighted by atomic mass is 19.1. The van der Waals surface area contributed by atoms with Gasteiger partial charge in [-0.1, -0.05) is 19.1 Å². The van der Waals surface area contributed by atoms with E-state index in [0.29, 0.717) is 32.0 Å². The molecule has 0 spiro atoms. The molecule has 0 unspecified atom stereocenters. The minimum absolute atomic E-state index is 0.0312. The van der Waals surface area contributed by atoms with E-state index in [9.17, 15) is 9.18 Å². The van der Waals surface area contributed by atoms with Crippen molar-refractivity contribution in [3.8, 4) is 0 Å². The van der Waals surface area contributed by atoms with Gasteiger partial charge in [0.25, 0.3) is 0 Å². The van der Waals surface area contributed by atoms with Gasteiger partial charge >= 0.3 is 0 Å². The average molecular weight is 308 g/mol. The molecule has 0 saturated carbocycles. The largest absolute Gasteiger partial charge is 0.357 e. The van der Waals surface area contributed by atoms with E-state index < -0.39 is 0 Å². The number of nitrogens with one attached hydrogen (secondary N) is 3. The molecule has 0 atom stereocenters. The van der Waals surface area contributed by atoms with Gasteiger partial charge in [-0.3, -0.25) is 4.79 Å². The topological polar surface area (TPSA) is 65.5 Å². The van der Waals surface area contributed by atoms with Crippen LogP contribution in [0, 0.1) is 5.82 Å². The molecule has 122 valence electrons. The number of amides is 1. The lowest BCUT2D eigenvalue weighted by Crippen LogP contribution is -2.39. The molecule has 0 aliphatic carbocycles. The molecular formula is C16H25FN4O. The number of benzene rings is 1. The number of carbonyl (C=O) groups excluding carboxylic acids is 1. The van der Waals surface area contributed by atoms with Crippen LogP contribution in [0.1, 0.15) is 32.3 Å². The number of nitrogens with zero attached hydrogens (tertiary/aromatic N) is 1. The van der Waals surface area contributed by atoms with Gasteiger partial charge < -0.3 is 16.0 Å². The smallest absolute Gasteiger partial charge is 0.221 e. The Morgan fingerprint density at radius 3 is 2.45 bits per heavy atom. The third-order valence-electron chi connectivity index (χ3n) is 2.89. The van der Waals surface area contributed by atoms with E-state index in [1.807, 2.05) is 13.8 Å². The Balaban J connectivity index is 2.41. The molecular weight excluding hydrogens is 283 g/mol. The van der Waals surface area contributed by atoms with E-state index in [-0.39, 0.29) is 11.7 Å². The summed E-state index contributed by atoms with van der Waals surface area (Å²) in [5.41, 5.74) is 0.930. The first-order valence-corrected chi connectivity index (χ1v) is 7.69. The van der Waals surface area contributed by atoms with E-state index in [0.717, 1.165) is 18.5 Å². The van der Waals surface area contributed by atoms with Crippen LogP contribution in [0.4, 0.5) is 4.39 Å². The first-order valence-electron chi connectivity index (χ1n) is 7.69. The van der Waals surface area contributed by atoms with Crippen LogP contribution >= 0.6 is 0 Å². The highest BCUT2D eigenvalue weighted by molar-refractivity contribution is 5.81. The van der Waals surface area contributed by atoms with Gasteiger partial charge in [0, 0.05) is 26.1 Å². The maximum atomic E-state index is 12.8. The summed E-state index contributed by atoms with van der Waals surface area (Å²) in [6.45, 7) is 6.41. The van der Waals surface area contributed by atoms with Crippen LogP contribution in [-0.4, -0.2) is 31.5 Å². The van der Waals surface area contributed by atoms with Crippen LogP contribution in [0.25, 0.3) is 0 Å². The molecule has 22 heavy (non-hydrogen) atoms. The van der Waals surface area contributed by atoms with Gasteiger partial charge in [0.1, 0.15) is 5.82 Å². The summed E-state index contributed by atoms with van der Waals surface area (Å²) >= 11 is 0. The van der Waals surface area contributed by atoms with E-state index >= 15 is 0 Å². The quantitative estimate of drug-likeness (QED) is 0.507. The van der Waals surface area contributed by atoms with Crippen LogP contribution in [0.15, 0.2) is 29.3 Å². The molecule has 0 saturated heterocycles. The standard InChI is InChI=1S/C16H25FN4O/c1-3-10-19-15(22)9-11-20-16(18-4-2)21-12-13-5-7-14(17)8-6-13/h5-8H,3-4,9-12H2,1-2H3,(H,19,22)(H2,18,20,21). The van der Waals surface area contributed by atoms with Crippen molar-refractivity contribution in [2.24, 2.45) is 4.99 Å². The van der Waals surface area contributed by atoms with Gasteiger partial charge in [-0.15, -0.1) is 0 Å². The third-order valence-corrected chi connectivity index (χ3v) is 2.89. The molecule has 1 aromatic rings. The fourth-order valence-corrected chi connectivity index (χ4v) is 1.75. The van der Waals surface area contributed by atoms with Gasteiger partial charge in [-0.2, -0.15) is 0 Å². The Morgan fingerprint density at radius 2 is 1.82 bits per heavy atom. The second kappa shape index (κ2) is 10.6. The summed E-state index contributed by atoms with van der Waals surface area (Å²) < 4.78 is 12.8. The summed E-state index contributed by atoms with van der Waals surface area (Å²) in [5, 5.41) is 9.05. The summed E-state index contributed by atoms with van der Waals surface area (Å²) in [5.74, 6) is 0.426. The molecule has 3 N–H and O–H groups in total. The molecule has 0 aliphatic rings. The maximum absolute atomic E-state index is 12.8. The number of guanidine groups is 1. The zero-order valence-corrected chi connectivity index (χ0v) is 13.3. The zero-order chi connectivity index (χ0) is 16.2. The number of hydrogen-bond acceptors (Lipinski definition) is 2. The molecule has 1 rings (SSSR count). The predicted molar refractivity (Wildman–Crippen MR) is 87.1 cm³/mol. The molecule has 0 bridgehead atoms. The Morgan fingerprint density at radius 1 is 1.09 bits per heavy atom. The number of carbonyl (C=O) groups is 1. The Labute approximate surface area is 131 Å². The van der Waals surface area contributed by atoms with E-state index in [1.54, 1.807) is 12.1 Å². The van der Waals surface area contributed by atoms with Crippen molar-refractivity contribution in [2.75, 3.05) is 19.6 Å². The van der Waals surface area contributed by atoms with Crippen LogP contribution in [-0.2, 0) is 11.3 Å². The normalized spacial score (nSPS) is 11.1. The molecule has 1 aromatic carbocycles. The van der Waals surface area contributed by atoms with Crippen LogP contribution in [0.5, 0.6) is 0 Å². The number of halogens is 1. The van der Waals surface area contributed by atoms with E-state index in [1.165, 1.54) is 12.1 Å². The van der Waals surface area contributed by atoms with Crippen LogP contribution in [0.3, 0.4) is 0 Å². The second-order valence-corrected chi connectivity index (χ2v) is 4.85. The van der Waals surface area contributed by atoms with Crippen molar-refractivity contribution in [1.82, 2.24) is 16.0 Å². The Hall–Kier alpha value is -2.11. The summed E-state index contributed by atoms with van der Waals surface area (Å²) in [6, 6.07) is 6.26. The van der Waals surface area contributed by atoms with Gasteiger partial charge in [-0.05, 0) is 31.0 Å². The summed E-state index contributed by atoms with van der Waals surface area (Å²) in [7, 11) is 0. The minimum atomic E-state index is -0.254. The fraction of sp³-hybridized carbons (Fsp3) is 0.500. The summed E-state index contributed by atoms with van der Waals surface area (Å²) in [4.78, 5) is 15.9. The van der Waals surface area contributed by atoms with E-state index in [4.69, 9.17) is 0 Å². The highest BCUT2D eigenvalue weighted by Crippen LogP contribution is 2.03. The van der Waals surface area contributed by atoms with Gasteiger partial charge in [-0.25, -0.2) is 9.38 Å². The monoisotopic (exact) mass is 308 g/mol. The van der Waals surface area contributed by atoms with Crippen molar-refractivity contribution in [3.05, 3.63) is 35.6 Å². The first-order chi connectivity index (χ1) is 10.7. The fourth-order valence-electron chi connectivity index (χ4n) is 1.75. The van der Waals surface area contributed by atoms with Crippen molar-refractivity contribution in [3.63, 3.8) is 0 Å². The summed E-state index contributed by atoms with van der Waals surface area (Å²) in [6.07, 6.45) is 1.34. The maximum Gasteiger partial charge on any atom is 0.221 e. The number of hydrogen-bond donors (Lipinski definition) is 3. The average Bonchev–Trinajstić information content (AvgIpc) is 2.52. The lowest BCUT2D eigenvalue weighted by molar-refractivity contribution is -0.120. The van der Waals surface area contributed by atoms with Crippen LogP contribution < -0.4 is 16.0 Å². The van der Waals surface area contributed by atoms with Crippen LogP contribution in [0.2, 0.25) is 0 Å². The SMILES string of the molecule is CCCNC(=O)CCNC(=NCc1ccc(F)cc1)NCC. The predicted octanol–water partition coefficient (Wildman–Crippen LogP) is 1.80. The van der Waals surface area contributed by atoms with Crippen molar-refractivity contribution >= 4 is 11.9 Å². The van der Waals surface area contributed by atoms with Gasteiger partial charge in [0.2, 0.25) is 5.91 Å². The molecule has 1 amide bonds. The molecule has 5 nitrogen and oxygen atoms in total. The molecule has 0 aliphatic heterocycles. The molecule has 0 aromatic heterocycles. The Bertz CT molecular complexity index is 474. The van der Waals surface area contributed by atoms with Crippen molar-refractivity contribution < 1.29 is 9.18 Å². The van der Waals surface area contributed by atoms with Crippen molar-refractivity contribution in [2.45, 2.75) is 33.2 Å².